The predicted octanol–water partition coefficient (Wildman–Crippen LogP) is 2.80. The Morgan fingerprint density at radius 1 is 1.13 bits per heavy atom. The monoisotopic (exact) mass is 445 g/mol. The largest absolute Gasteiger partial charge is 0.482 e. The lowest BCUT2D eigenvalue weighted by Crippen LogP contribution is -2.48. The Morgan fingerprint density at radius 3 is 2.48 bits per heavy atom. The molecule has 0 radical (unpaired) electrons. The van der Waals surface area contributed by atoms with Gasteiger partial charge in [-0.3, -0.25) is 9.59 Å². The standard InChI is InChI=1S/C22H24ClN3O5/c1-14(2)20(25-21(28)16-7-9-17(23)10-8-16)22(29)26-24-12-15-5-4-6-18(11-15)31-13-19(27)30-3/h4-12,14,20H,13H2,1-3H3,(H,25,28)(H,26,29). The van der Waals surface area contributed by atoms with Crippen LogP contribution in [-0.2, 0) is 14.3 Å². The van der Waals surface area contributed by atoms with Gasteiger partial charge in [-0.25, -0.2) is 10.2 Å². The molecule has 164 valence electrons. The fraction of sp³-hybridized carbons (Fsp3) is 0.273. The average molecular weight is 446 g/mol. The Labute approximate surface area is 185 Å². The minimum Gasteiger partial charge on any atom is -0.482 e. The second-order valence-electron chi connectivity index (χ2n) is 6.87. The molecule has 2 N–H and O–H groups in total. The van der Waals surface area contributed by atoms with Crippen LogP contribution in [0.1, 0.15) is 29.8 Å². The normalized spacial score (nSPS) is 11.8. The van der Waals surface area contributed by atoms with Crippen LogP contribution in [0.4, 0.5) is 0 Å². The maximum absolute atomic E-state index is 12.5. The number of benzene rings is 2. The molecule has 0 heterocycles. The maximum Gasteiger partial charge on any atom is 0.343 e. The predicted molar refractivity (Wildman–Crippen MR) is 117 cm³/mol. The van der Waals surface area contributed by atoms with Crippen molar-refractivity contribution in [3.05, 3.63) is 64.7 Å². The highest BCUT2D eigenvalue weighted by Crippen LogP contribution is 2.12. The molecule has 0 aliphatic rings. The number of ether oxygens (including phenoxy) is 2. The molecule has 31 heavy (non-hydrogen) atoms. The Morgan fingerprint density at radius 2 is 1.84 bits per heavy atom. The summed E-state index contributed by atoms with van der Waals surface area (Å²) in [4.78, 5) is 36.1. The SMILES string of the molecule is COC(=O)COc1cccc(C=NNC(=O)C(NC(=O)c2ccc(Cl)cc2)C(C)C)c1. The fourth-order valence-corrected chi connectivity index (χ4v) is 2.61. The molecule has 1 atom stereocenters. The first kappa shape index (κ1) is 23.9. The van der Waals surface area contributed by atoms with Crippen molar-refractivity contribution in [3.8, 4) is 5.75 Å². The number of nitrogens with zero attached hydrogens (tertiary/aromatic N) is 1. The third-order valence-corrected chi connectivity index (χ3v) is 4.42. The zero-order chi connectivity index (χ0) is 22.8. The number of rotatable bonds is 9. The van der Waals surface area contributed by atoms with Crippen LogP contribution in [-0.4, -0.2) is 43.8 Å². The van der Waals surface area contributed by atoms with Gasteiger partial charge in [0, 0.05) is 10.6 Å². The minimum atomic E-state index is -0.782. The third kappa shape index (κ3) is 7.75. The Bertz CT molecular complexity index is 944. The molecule has 0 saturated carbocycles. The van der Waals surface area contributed by atoms with Crippen molar-refractivity contribution in [2.75, 3.05) is 13.7 Å². The zero-order valence-corrected chi connectivity index (χ0v) is 18.2. The summed E-state index contributed by atoms with van der Waals surface area (Å²) in [5.41, 5.74) is 3.48. The van der Waals surface area contributed by atoms with Crippen molar-refractivity contribution < 1.29 is 23.9 Å². The van der Waals surface area contributed by atoms with E-state index in [1.807, 2.05) is 13.8 Å². The van der Waals surface area contributed by atoms with Gasteiger partial charge >= 0.3 is 5.97 Å². The molecule has 9 heteroatoms. The summed E-state index contributed by atoms with van der Waals surface area (Å²) in [5.74, 6) is -1.04. The van der Waals surface area contributed by atoms with Crippen molar-refractivity contribution in [1.29, 1.82) is 0 Å². The fourth-order valence-electron chi connectivity index (χ4n) is 2.49. The molecule has 8 nitrogen and oxygen atoms in total. The van der Waals surface area contributed by atoms with Crippen LogP contribution in [0, 0.1) is 5.92 Å². The van der Waals surface area contributed by atoms with Crippen LogP contribution in [0.2, 0.25) is 5.02 Å². The molecular formula is C22H24ClN3O5. The van der Waals surface area contributed by atoms with E-state index in [4.69, 9.17) is 16.3 Å². The van der Waals surface area contributed by atoms with E-state index in [1.165, 1.54) is 13.3 Å². The van der Waals surface area contributed by atoms with Gasteiger partial charge in [0.1, 0.15) is 11.8 Å². The summed E-state index contributed by atoms with van der Waals surface area (Å²) in [6, 6.07) is 12.4. The molecule has 0 aliphatic carbocycles. The van der Waals surface area contributed by atoms with Gasteiger partial charge in [-0.1, -0.05) is 37.6 Å². The van der Waals surface area contributed by atoms with Crippen molar-refractivity contribution in [2.24, 2.45) is 11.0 Å². The van der Waals surface area contributed by atoms with Gasteiger partial charge in [-0.15, -0.1) is 0 Å². The lowest BCUT2D eigenvalue weighted by atomic mass is 10.0. The van der Waals surface area contributed by atoms with Crippen LogP contribution in [0.15, 0.2) is 53.6 Å². The second-order valence-corrected chi connectivity index (χ2v) is 7.31. The number of carbonyl (C=O) groups excluding carboxylic acids is 3. The number of nitrogens with one attached hydrogen (secondary N) is 2. The van der Waals surface area contributed by atoms with E-state index in [1.54, 1.807) is 48.5 Å². The second kappa shape index (κ2) is 11.7. The van der Waals surface area contributed by atoms with Crippen molar-refractivity contribution in [3.63, 3.8) is 0 Å². The third-order valence-electron chi connectivity index (χ3n) is 4.17. The summed E-state index contributed by atoms with van der Waals surface area (Å²) in [6.45, 7) is 3.42. The lowest BCUT2D eigenvalue weighted by molar-refractivity contribution is -0.142. The summed E-state index contributed by atoms with van der Waals surface area (Å²) in [5, 5.41) is 7.18. The highest BCUT2D eigenvalue weighted by molar-refractivity contribution is 6.30. The molecule has 2 rings (SSSR count). The average Bonchev–Trinajstić information content (AvgIpc) is 2.76. The van der Waals surface area contributed by atoms with E-state index >= 15 is 0 Å². The number of methoxy groups -OCH3 is 1. The smallest absolute Gasteiger partial charge is 0.343 e. The van der Waals surface area contributed by atoms with Gasteiger partial charge in [-0.05, 0) is 47.9 Å². The molecular weight excluding hydrogens is 422 g/mol. The van der Waals surface area contributed by atoms with E-state index in [9.17, 15) is 14.4 Å². The summed E-state index contributed by atoms with van der Waals surface area (Å²) in [6.07, 6.45) is 1.43. The van der Waals surface area contributed by atoms with E-state index in [0.29, 0.717) is 21.9 Å². The molecule has 1 unspecified atom stereocenters. The van der Waals surface area contributed by atoms with Crippen molar-refractivity contribution in [1.82, 2.24) is 10.7 Å². The van der Waals surface area contributed by atoms with Crippen LogP contribution < -0.4 is 15.5 Å². The van der Waals surface area contributed by atoms with Gasteiger partial charge in [-0.2, -0.15) is 5.10 Å². The number of hydrogen-bond donors (Lipinski definition) is 2. The Kier molecular flexibility index (Phi) is 9.02. The van der Waals surface area contributed by atoms with E-state index in [0.717, 1.165) is 0 Å². The van der Waals surface area contributed by atoms with Gasteiger partial charge in [0.25, 0.3) is 11.8 Å². The van der Waals surface area contributed by atoms with Gasteiger partial charge in [0.15, 0.2) is 6.61 Å². The topological polar surface area (TPSA) is 106 Å². The molecule has 0 spiro atoms. The van der Waals surface area contributed by atoms with Crippen molar-refractivity contribution >= 4 is 35.6 Å². The molecule has 0 bridgehead atoms. The van der Waals surface area contributed by atoms with Gasteiger partial charge in [0.2, 0.25) is 0 Å². The molecule has 2 aromatic carbocycles. The lowest BCUT2D eigenvalue weighted by Gasteiger charge is -2.20. The number of hydrazone groups is 1. The first-order chi connectivity index (χ1) is 14.8. The Balaban J connectivity index is 1.96. The zero-order valence-electron chi connectivity index (χ0n) is 17.4. The maximum atomic E-state index is 12.5. The summed E-state index contributed by atoms with van der Waals surface area (Å²) in [7, 11) is 1.28. The summed E-state index contributed by atoms with van der Waals surface area (Å²) >= 11 is 5.84. The number of hydrogen-bond acceptors (Lipinski definition) is 6. The van der Waals surface area contributed by atoms with Crippen LogP contribution in [0.3, 0.4) is 0 Å². The quantitative estimate of drug-likeness (QED) is 0.350. The number of carbonyl (C=O) groups is 3. The highest BCUT2D eigenvalue weighted by Gasteiger charge is 2.24. The molecule has 0 aromatic heterocycles. The first-order valence-electron chi connectivity index (χ1n) is 9.49. The Hall–Kier alpha value is -3.39. The number of halogens is 1. The molecule has 0 aliphatic heterocycles. The van der Waals surface area contributed by atoms with E-state index < -0.39 is 17.9 Å². The summed E-state index contributed by atoms with van der Waals surface area (Å²) < 4.78 is 9.83. The minimum absolute atomic E-state index is 0.165. The van der Waals surface area contributed by atoms with Crippen molar-refractivity contribution in [2.45, 2.75) is 19.9 Å². The van der Waals surface area contributed by atoms with Crippen LogP contribution in [0.25, 0.3) is 0 Å². The number of esters is 1. The molecule has 0 saturated heterocycles. The van der Waals surface area contributed by atoms with Gasteiger partial charge in [0.05, 0.1) is 13.3 Å². The van der Waals surface area contributed by atoms with E-state index in [2.05, 4.69) is 20.6 Å². The molecule has 2 amide bonds. The van der Waals surface area contributed by atoms with Crippen LogP contribution in [0.5, 0.6) is 5.75 Å². The van der Waals surface area contributed by atoms with Crippen LogP contribution >= 0.6 is 11.6 Å². The van der Waals surface area contributed by atoms with Gasteiger partial charge < -0.3 is 14.8 Å². The molecule has 0 fully saturated rings. The van der Waals surface area contributed by atoms with E-state index in [-0.39, 0.29) is 18.4 Å². The molecule has 2 aromatic rings. The first-order valence-corrected chi connectivity index (χ1v) is 9.87. The number of amides is 2. The highest BCUT2D eigenvalue weighted by atomic mass is 35.5.